The van der Waals surface area contributed by atoms with Crippen LogP contribution >= 0.6 is 0 Å². The first kappa shape index (κ1) is 25.1. The Labute approximate surface area is 196 Å². The molecule has 0 aliphatic heterocycles. The van der Waals surface area contributed by atoms with Crippen LogP contribution in [0.25, 0.3) is 5.69 Å². The van der Waals surface area contributed by atoms with Gasteiger partial charge in [-0.25, -0.2) is 10.2 Å². The number of rotatable bonds is 7. The summed E-state index contributed by atoms with van der Waals surface area (Å²) >= 11 is 0. The van der Waals surface area contributed by atoms with Crippen molar-refractivity contribution in [2.24, 2.45) is 5.10 Å². The Kier molecular flexibility index (Phi) is 7.04. The van der Waals surface area contributed by atoms with Gasteiger partial charge in [0.05, 0.1) is 28.7 Å². The van der Waals surface area contributed by atoms with Crippen molar-refractivity contribution in [3.8, 4) is 5.69 Å². The predicted molar refractivity (Wildman–Crippen MR) is 120 cm³/mol. The second-order valence-electron chi connectivity index (χ2n) is 7.59. The first-order chi connectivity index (χ1) is 16.4. The van der Waals surface area contributed by atoms with Crippen molar-refractivity contribution < 1.29 is 32.8 Å². The normalized spacial score (nSPS) is 11.6. The van der Waals surface area contributed by atoms with E-state index >= 15 is 0 Å². The van der Waals surface area contributed by atoms with E-state index in [0.717, 1.165) is 11.8 Å². The van der Waals surface area contributed by atoms with Crippen LogP contribution in [0.15, 0.2) is 53.6 Å². The highest BCUT2D eigenvalue weighted by Gasteiger charge is 2.33. The van der Waals surface area contributed by atoms with E-state index in [1.807, 2.05) is 0 Å². The van der Waals surface area contributed by atoms with Crippen LogP contribution in [-0.4, -0.2) is 32.7 Å². The molecule has 0 unspecified atom stereocenters. The zero-order chi connectivity index (χ0) is 25.9. The molecule has 3 rings (SSSR count). The minimum Gasteiger partial charge on any atom is -0.478 e. The molecule has 0 fully saturated rings. The summed E-state index contributed by atoms with van der Waals surface area (Å²) in [6, 6.07) is 10.1. The molecule has 1 amide bonds. The maximum Gasteiger partial charge on any atom is 0.416 e. The van der Waals surface area contributed by atoms with Gasteiger partial charge in [0.15, 0.2) is 0 Å². The van der Waals surface area contributed by atoms with Gasteiger partial charge in [0.2, 0.25) is 5.91 Å². The highest BCUT2D eigenvalue weighted by atomic mass is 19.4. The van der Waals surface area contributed by atoms with Gasteiger partial charge in [-0.15, -0.1) is 0 Å². The number of hydrogen-bond donors (Lipinski definition) is 2. The fourth-order valence-corrected chi connectivity index (χ4v) is 3.54. The molecule has 182 valence electrons. The van der Waals surface area contributed by atoms with Gasteiger partial charge in [-0.2, -0.15) is 18.3 Å². The molecular formula is C23H19F3N4O5. The van der Waals surface area contributed by atoms with Crippen LogP contribution in [0.3, 0.4) is 0 Å². The van der Waals surface area contributed by atoms with E-state index in [0.29, 0.717) is 29.1 Å². The number of alkyl halides is 3. The molecule has 35 heavy (non-hydrogen) atoms. The number of carboxylic acid groups (broad SMARTS) is 1. The summed E-state index contributed by atoms with van der Waals surface area (Å²) < 4.78 is 40.3. The second kappa shape index (κ2) is 9.79. The molecule has 0 saturated heterocycles. The Morgan fingerprint density at radius 3 is 2.51 bits per heavy atom. The molecule has 0 aliphatic rings. The molecule has 2 aromatic carbocycles. The topological polar surface area (TPSA) is 127 Å². The molecule has 0 bridgehead atoms. The summed E-state index contributed by atoms with van der Waals surface area (Å²) in [6.45, 7) is 3.58. The minimum absolute atomic E-state index is 0.120. The SMILES string of the molecule is Cc1cc(/C=N/NC(=O)Cc2ccc(C(F)(F)F)cc2[N+](=O)[O-])c(C)n1-c1cccc(C(=O)O)c1. The molecule has 2 N–H and O–H groups in total. The van der Waals surface area contributed by atoms with Gasteiger partial charge in [0, 0.05) is 34.3 Å². The Morgan fingerprint density at radius 1 is 1.17 bits per heavy atom. The number of aromatic carboxylic acids is 1. The third-order valence-corrected chi connectivity index (χ3v) is 5.17. The average Bonchev–Trinajstić information content (AvgIpc) is 3.06. The number of aryl methyl sites for hydroxylation is 1. The molecule has 0 aliphatic carbocycles. The van der Waals surface area contributed by atoms with Crippen LogP contribution in [-0.2, 0) is 17.4 Å². The first-order valence-electron chi connectivity index (χ1n) is 10.1. The lowest BCUT2D eigenvalue weighted by molar-refractivity contribution is -0.385. The Balaban J connectivity index is 1.76. The number of aromatic nitrogens is 1. The molecule has 0 radical (unpaired) electrons. The van der Waals surface area contributed by atoms with Crippen molar-refractivity contribution in [2.45, 2.75) is 26.4 Å². The zero-order valence-corrected chi connectivity index (χ0v) is 18.5. The number of hydrazone groups is 1. The van der Waals surface area contributed by atoms with Crippen molar-refractivity contribution in [3.63, 3.8) is 0 Å². The molecule has 0 atom stereocenters. The number of carbonyl (C=O) groups is 2. The molecule has 12 heteroatoms. The molecule has 0 saturated carbocycles. The van der Waals surface area contributed by atoms with Gasteiger partial charge < -0.3 is 9.67 Å². The number of carboxylic acids is 1. The lowest BCUT2D eigenvalue weighted by atomic mass is 10.1. The van der Waals surface area contributed by atoms with E-state index in [4.69, 9.17) is 0 Å². The van der Waals surface area contributed by atoms with E-state index < -0.39 is 40.6 Å². The Hall–Kier alpha value is -4.48. The van der Waals surface area contributed by atoms with Crippen LogP contribution in [0.5, 0.6) is 0 Å². The van der Waals surface area contributed by atoms with Crippen LogP contribution in [0, 0.1) is 24.0 Å². The number of nitrogens with zero attached hydrogens (tertiary/aromatic N) is 3. The van der Waals surface area contributed by atoms with Crippen molar-refractivity contribution in [1.82, 2.24) is 9.99 Å². The van der Waals surface area contributed by atoms with Crippen molar-refractivity contribution >= 4 is 23.8 Å². The fourth-order valence-electron chi connectivity index (χ4n) is 3.54. The van der Waals surface area contributed by atoms with E-state index in [-0.39, 0.29) is 11.1 Å². The number of nitro benzene ring substituents is 1. The summed E-state index contributed by atoms with van der Waals surface area (Å²) in [5.41, 5.74) is 2.87. The first-order valence-corrected chi connectivity index (χ1v) is 10.1. The number of amides is 1. The van der Waals surface area contributed by atoms with Gasteiger partial charge in [-0.3, -0.25) is 14.9 Å². The summed E-state index contributed by atoms with van der Waals surface area (Å²) in [7, 11) is 0. The number of carbonyl (C=O) groups excluding carboxylic acids is 1. The van der Waals surface area contributed by atoms with Gasteiger partial charge in [-0.05, 0) is 44.2 Å². The highest BCUT2D eigenvalue weighted by Crippen LogP contribution is 2.33. The maximum absolute atomic E-state index is 12.8. The average molecular weight is 488 g/mol. The third-order valence-electron chi connectivity index (χ3n) is 5.17. The van der Waals surface area contributed by atoms with E-state index in [1.165, 1.54) is 18.3 Å². The van der Waals surface area contributed by atoms with E-state index in [1.54, 1.807) is 36.6 Å². The van der Waals surface area contributed by atoms with Gasteiger partial charge in [0.1, 0.15) is 0 Å². The molecule has 9 nitrogen and oxygen atoms in total. The highest BCUT2D eigenvalue weighted by molar-refractivity contribution is 5.88. The van der Waals surface area contributed by atoms with Crippen LogP contribution in [0.1, 0.15) is 38.4 Å². The summed E-state index contributed by atoms with van der Waals surface area (Å²) in [5.74, 6) is -1.82. The summed E-state index contributed by atoms with van der Waals surface area (Å²) in [6.07, 6.45) is -3.96. The Bertz CT molecular complexity index is 1350. The van der Waals surface area contributed by atoms with Gasteiger partial charge >= 0.3 is 12.1 Å². The van der Waals surface area contributed by atoms with Gasteiger partial charge in [-0.1, -0.05) is 12.1 Å². The van der Waals surface area contributed by atoms with E-state index in [2.05, 4.69) is 10.5 Å². The van der Waals surface area contributed by atoms with Crippen LogP contribution < -0.4 is 5.43 Å². The number of benzene rings is 2. The van der Waals surface area contributed by atoms with Crippen LogP contribution in [0.2, 0.25) is 0 Å². The predicted octanol–water partition coefficient (Wildman–Crippen LogP) is 4.41. The van der Waals surface area contributed by atoms with E-state index in [9.17, 15) is 38.0 Å². The standard InChI is InChI=1S/C23H19F3N4O5/c1-13-8-17(14(2)29(13)19-5-3-4-16(9-19)22(32)33)12-27-28-21(31)10-15-6-7-18(23(24,25)26)11-20(15)30(34)35/h3-9,11-12H,10H2,1-2H3,(H,28,31)(H,32,33)/b27-12+. The van der Waals surface area contributed by atoms with Crippen LogP contribution in [0.4, 0.5) is 18.9 Å². The van der Waals surface area contributed by atoms with Crippen molar-refractivity contribution in [3.05, 3.63) is 92.3 Å². The minimum atomic E-state index is -4.75. The third kappa shape index (κ3) is 5.72. The van der Waals surface area contributed by atoms with Crippen molar-refractivity contribution in [1.29, 1.82) is 0 Å². The number of nitrogens with one attached hydrogen (secondary N) is 1. The van der Waals surface area contributed by atoms with Crippen molar-refractivity contribution in [2.75, 3.05) is 0 Å². The van der Waals surface area contributed by atoms with Gasteiger partial charge in [0.25, 0.3) is 5.69 Å². The number of halogens is 3. The largest absolute Gasteiger partial charge is 0.478 e. The monoisotopic (exact) mass is 488 g/mol. The lowest BCUT2D eigenvalue weighted by Gasteiger charge is -2.10. The summed E-state index contributed by atoms with van der Waals surface area (Å²) in [5, 5.41) is 24.2. The fraction of sp³-hybridized carbons (Fsp3) is 0.174. The quantitative estimate of drug-likeness (QED) is 0.289. The number of nitro groups is 1. The second-order valence-corrected chi connectivity index (χ2v) is 7.59. The lowest BCUT2D eigenvalue weighted by Crippen LogP contribution is -2.20. The zero-order valence-electron chi connectivity index (χ0n) is 18.5. The smallest absolute Gasteiger partial charge is 0.416 e. The molecule has 3 aromatic rings. The molecule has 1 aromatic heterocycles. The molecular weight excluding hydrogens is 469 g/mol. The number of hydrogen-bond acceptors (Lipinski definition) is 5. The maximum atomic E-state index is 12.8. The summed E-state index contributed by atoms with van der Waals surface area (Å²) in [4.78, 5) is 33.7. The molecule has 0 spiro atoms. The Morgan fingerprint density at radius 2 is 1.89 bits per heavy atom. The molecule has 1 heterocycles.